The van der Waals surface area contributed by atoms with Crippen LogP contribution in [0.25, 0.3) is 0 Å². The van der Waals surface area contributed by atoms with E-state index < -0.39 is 0 Å². The summed E-state index contributed by atoms with van der Waals surface area (Å²) < 4.78 is 7.20. The molecular weight excluding hydrogens is 164 g/mol. The molecule has 1 aromatic heterocycles. The minimum absolute atomic E-state index is 0.336. The van der Waals surface area contributed by atoms with Gasteiger partial charge >= 0.3 is 0 Å². The minimum atomic E-state index is 0.336. The molecule has 0 amide bonds. The topological polar surface area (TPSA) is 26.0 Å². The zero-order chi connectivity index (χ0) is 9.52. The Labute approximate surface area is 78.4 Å². The zero-order valence-corrected chi connectivity index (χ0v) is 7.73. The van der Waals surface area contributed by atoms with Gasteiger partial charge in [0.2, 0.25) is 0 Å². The summed E-state index contributed by atoms with van der Waals surface area (Å²) in [5.41, 5.74) is 0.902. The SMILES string of the molecule is C#CCOCc1c[n+](CC)ccn1. The van der Waals surface area contributed by atoms with Gasteiger partial charge in [-0.05, 0) is 6.92 Å². The smallest absolute Gasteiger partial charge is 0.192 e. The fraction of sp³-hybridized carbons (Fsp3) is 0.400. The van der Waals surface area contributed by atoms with E-state index >= 15 is 0 Å². The lowest BCUT2D eigenvalue weighted by atomic mass is 10.4. The highest BCUT2D eigenvalue weighted by Crippen LogP contribution is 1.91. The van der Waals surface area contributed by atoms with Crippen LogP contribution in [0.5, 0.6) is 0 Å². The van der Waals surface area contributed by atoms with E-state index in [0.29, 0.717) is 13.2 Å². The number of rotatable bonds is 4. The Morgan fingerprint density at radius 3 is 3.23 bits per heavy atom. The fourth-order valence-corrected chi connectivity index (χ4v) is 0.968. The molecule has 0 saturated carbocycles. The normalized spacial score (nSPS) is 9.54. The molecule has 68 valence electrons. The van der Waals surface area contributed by atoms with Crippen molar-refractivity contribution in [3.63, 3.8) is 0 Å². The highest BCUT2D eigenvalue weighted by atomic mass is 16.5. The monoisotopic (exact) mass is 177 g/mol. The molecule has 1 aromatic rings. The predicted molar refractivity (Wildman–Crippen MR) is 48.6 cm³/mol. The Bertz CT molecular complexity index is 304. The molecule has 0 aliphatic rings. The summed E-state index contributed by atoms with van der Waals surface area (Å²) in [5.74, 6) is 2.41. The molecule has 13 heavy (non-hydrogen) atoms. The van der Waals surface area contributed by atoms with Crippen molar-refractivity contribution >= 4 is 0 Å². The molecule has 0 atom stereocenters. The minimum Gasteiger partial charge on any atom is -0.362 e. The Hall–Kier alpha value is -1.40. The lowest BCUT2D eigenvalue weighted by Gasteiger charge is -1.98. The van der Waals surface area contributed by atoms with Gasteiger partial charge in [-0.3, -0.25) is 0 Å². The number of ether oxygens (including phenoxy) is 1. The van der Waals surface area contributed by atoms with Crippen molar-refractivity contribution in [2.24, 2.45) is 0 Å². The maximum Gasteiger partial charge on any atom is 0.192 e. The average Bonchev–Trinajstić information content (AvgIpc) is 2.19. The lowest BCUT2D eigenvalue weighted by molar-refractivity contribution is -0.694. The molecular formula is C10H13N2O+. The van der Waals surface area contributed by atoms with E-state index in [2.05, 4.69) is 17.8 Å². The van der Waals surface area contributed by atoms with E-state index in [-0.39, 0.29) is 0 Å². The summed E-state index contributed by atoms with van der Waals surface area (Å²) in [6, 6.07) is 0. The number of hydrogen-bond donors (Lipinski definition) is 0. The van der Waals surface area contributed by atoms with Gasteiger partial charge in [0.25, 0.3) is 0 Å². The second kappa shape index (κ2) is 5.28. The standard InChI is InChI=1S/C10H13N2O/c1-3-7-13-9-10-8-12(4-2)6-5-11-10/h1,5-6,8H,4,7,9H2,2H3/q+1. The maximum absolute atomic E-state index is 5.16. The van der Waals surface area contributed by atoms with Gasteiger partial charge in [0.1, 0.15) is 18.8 Å². The molecule has 1 heterocycles. The Morgan fingerprint density at radius 1 is 1.69 bits per heavy atom. The molecule has 0 N–H and O–H groups in total. The largest absolute Gasteiger partial charge is 0.362 e. The maximum atomic E-state index is 5.16. The van der Waals surface area contributed by atoms with Crippen LogP contribution in [0.15, 0.2) is 18.6 Å². The van der Waals surface area contributed by atoms with Gasteiger partial charge in [-0.15, -0.1) is 6.42 Å². The second-order valence-corrected chi connectivity index (χ2v) is 2.58. The quantitative estimate of drug-likeness (QED) is 0.381. The zero-order valence-electron chi connectivity index (χ0n) is 7.73. The first-order valence-electron chi connectivity index (χ1n) is 4.22. The van der Waals surface area contributed by atoms with Gasteiger partial charge in [-0.2, -0.15) is 0 Å². The van der Waals surface area contributed by atoms with E-state index in [1.54, 1.807) is 6.20 Å². The van der Waals surface area contributed by atoms with Crippen molar-refractivity contribution in [2.45, 2.75) is 20.1 Å². The van der Waals surface area contributed by atoms with Crippen LogP contribution in [0.1, 0.15) is 12.6 Å². The summed E-state index contributed by atoms with van der Waals surface area (Å²) in [6.07, 6.45) is 10.7. The van der Waals surface area contributed by atoms with Gasteiger partial charge in [0.05, 0.1) is 12.8 Å². The molecule has 0 bridgehead atoms. The fourth-order valence-electron chi connectivity index (χ4n) is 0.968. The second-order valence-electron chi connectivity index (χ2n) is 2.58. The predicted octanol–water partition coefficient (Wildman–Crippen LogP) is 0.539. The molecule has 1 rings (SSSR count). The van der Waals surface area contributed by atoms with Gasteiger partial charge in [0.15, 0.2) is 12.4 Å². The van der Waals surface area contributed by atoms with Gasteiger partial charge < -0.3 is 4.74 Å². The highest BCUT2D eigenvalue weighted by molar-refractivity contribution is 4.89. The van der Waals surface area contributed by atoms with Gasteiger partial charge in [-0.25, -0.2) is 9.55 Å². The van der Waals surface area contributed by atoms with Crippen molar-refractivity contribution in [1.29, 1.82) is 0 Å². The molecule has 0 aromatic carbocycles. The van der Waals surface area contributed by atoms with Crippen LogP contribution in [0.4, 0.5) is 0 Å². The first-order valence-corrected chi connectivity index (χ1v) is 4.22. The molecule has 0 saturated heterocycles. The molecule has 0 aliphatic heterocycles. The third-order valence-electron chi connectivity index (χ3n) is 1.61. The first kappa shape index (κ1) is 9.69. The summed E-state index contributed by atoms with van der Waals surface area (Å²) in [7, 11) is 0. The van der Waals surface area contributed by atoms with E-state index in [4.69, 9.17) is 11.2 Å². The van der Waals surface area contributed by atoms with E-state index in [9.17, 15) is 0 Å². The summed E-state index contributed by atoms with van der Waals surface area (Å²) in [6.45, 7) is 3.82. The summed E-state index contributed by atoms with van der Waals surface area (Å²) in [5, 5.41) is 0. The molecule has 0 aliphatic carbocycles. The van der Waals surface area contributed by atoms with Crippen molar-refractivity contribution < 1.29 is 9.30 Å². The Balaban J connectivity index is 2.52. The number of hydrogen-bond acceptors (Lipinski definition) is 2. The molecule has 0 spiro atoms. The third kappa shape index (κ3) is 3.22. The first-order chi connectivity index (χ1) is 6.36. The van der Waals surface area contributed by atoms with Crippen LogP contribution in [0.2, 0.25) is 0 Å². The van der Waals surface area contributed by atoms with Crippen LogP contribution in [0, 0.1) is 12.3 Å². The lowest BCUT2D eigenvalue weighted by Crippen LogP contribution is -2.32. The van der Waals surface area contributed by atoms with E-state index in [1.165, 1.54) is 0 Å². The summed E-state index contributed by atoms with van der Waals surface area (Å²) >= 11 is 0. The number of aryl methyl sites for hydroxylation is 1. The van der Waals surface area contributed by atoms with Crippen LogP contribution in [-0.4, -0.2) is 11.6 Å². The molecule has 0 radical (unpaired) electrons. The summed E-state index contributed by atoms with van der Waals surface area (Å²) in [4.78, 5) is 4.14. The van der Waals surface area contributed by atoms with Crippen molar-refractivity contribution in [1.82, 2.24) is 4.98 Å². The van der Waals surface area contributed by atoms with Crippen LogP contribution >= 0.6 is 0 Å². The molecule has 3 heteroatoms. The molecule has 0 unspecified atom stereocenters. The molecule has 0 fully saturated rings. The van der Waals surface area contributed by atoms with Crippen molar-refractivity contribution in [2.75, 3.05) is 6.61 Å². The van der Waals surface area contributed by atoms with Crippen LogP contribution in [0.3, 0.4) is 0 Å². The van der Waals surface area contributed by atoms with E-state index in [0.717, 1.165) is 12.2 Å². The van der Waals surface area contributed by atoms with E-state index in [1.807, 2.05) is 17.0 Å². The number of terminal acetylenes is 1. The van der Waals surface area contributed by atoms with Gasteiger partial charge in [-0.1, -0.05) is 5.92 Å². The van der Waals surface area contributed by atoms with Crippen molar-refractivity contribution in [3.05, 3.63) is 24.3 Å². The Kier molecular flexibility index (Phi) is 3.94. The molecule has 3 nitrogen and oxygen atoms in total. The Morgan fingerprint density at radius 2 is 2.54 bits per heavy atom. The van der Waals surface area contributed by atoms with Crippen LogP contribution in [-0.2, 0) is 17.9 Å². The average molecular weight is 177 g/mol. The van der Waals surface area contributed by atoms with Crippen molar-refractivity contribution in [3.8, 4) is 12.3 Å². The van der Waals surface area contributed by atoms with Gasteiger partial charge in [0, 0.05) is 0 Å². The number of aromatic nitrogens is 2. The highest BCUT2D eigenvalue weighted by Gasteiger charge is 2.00. The third-order valence-corrected chi connectivity index (χ3v) is 1.61. The number of nitrogens with zero attached hydrogens (tertiary/aromatic N) is 2. The van der Waals surface area contributed by atoms with Crippen LogP contribution < -0.4 is 4.57 Å².